The molecule has 0 aliphatic rings. The first kappa shape index (κ1) is 22.2. The molecule has 0 radical (unpaired) electrons. The zero-order valence-corrected chi connectivity index (χ0v) is 14.2. The maximum Gasteiger partial charge on any atom is 1.00 e. The zero-order valence-electron chi connectivity index (χ0n) is 10.9. The van der Waals surface area contributed by atoms with Crippen molar-refractivity contribution < 1.29 is 70.2 Å². The van der Waals surface area contributed by atoms with Gasteiger partial charge >= 0.3 is 53.4 Å². The molecule has 0 amide bonds. The van der Waals surface area contributed by atoms with E-state index in [1.165, 1.54) is 0 Å². The van der Waals surface area contributed by atoms with E-state index in [-0.39, 0.29) is 31.0 Å². The molecule has 0 saturated heterocycles. The quantitative estimate of drug-likeness (QED) is 0.207. The van der Waals surface area contributed by atoms with Gasteiger partial charge in [0.25, 0.3) is 3.79 Å². The minimum Gasteiger partial charge on any atom is -1.00 e. The Hall–Kier alpha value is -0.0900. The molecule has 1 unspecified atom stereocenters. The number of aliphatic carboxylic acids is 2. The number of carboxylic acids is 2. The van der Waals surface area contributed by atoms with Crippen molar-refractivity contribution in [1.29, 1.82) is 0 Å². The number of ether oxygens (including phenoxy) is 1. The summed E-state index contributed by atoms with van der Waals surface area (Å²) in [4.78, 5) is 43.2. The standard InChI is InChI=1S/C8H7Cl3O8.Na.H/c9-8(10,11)6(17)19-4(14)2-7(18,5(15)16)1-3(12)13;;/h18H,1-2H2,(H,12,13)(H,15,16);;/q;+1;-1. The average molecular weight is 361 g/mol. The SMILES string of the molecule is O=C(O)CC(O)(CC(=O)OC(=O)C(Cl)(Cl)Cl)C(=O)O.[H-].[Na+]. The van der Waals surface area contributed by atoms with Crippen molar-refractivity contribution in [3.8, 4) is 0 Å². The fourth-order valence-electron chi connectivity index (χ4n) is 0.900. The van der Waals surface area contributed by atoms with Gasteiger partial charge in [-0.2, -0.15) is 0 Å². The minimum atomic E-state index is -2.93. The van der Waals surface area contributed by atoms with Gasteiger partial charge in [-0.05, 0) is 0 Å². The Kier molecular flexibility index (Phi) is 9.30. The molecule has 3 N–H and O–H groups in total. The molecule has 0 aromatic rings. The maximum atomic E-state index is 11.2. The third-order valence-electron chi connectivity index (χ3n) is 1.72. The number of aliphatic hydroxyl groups is 1. The molecule has 0 heterocycles. The second-order valence-electron chi connectivity index (χ2n) is 3.34. The van der Waals surface area contributed by atoms with E-state index < -0.39 is 46.1 Å². The Morgan fingerprint density at radius 1 is 1.05 bits per heavy atom. The summed E-state index contributed by atoms with van der Waals surface area (Å²) in [5, 5.41) is 26.5. The average Bonchev–Trinajstić information content (AvgIpc) is 2.13. The van der Waals surface area contributed by atoms with Gasteiger partial charge in [0.15, 0.2) is 5.60 Å². The number of carbonyl (C=O) groups excluding carboxylic acids is 2. The summed E-state index contributed by atoms with van der Waals surface area (Å²) in [5.74, 6) is -6.81. The number of hydrogen-bond donors (Lipinski definition) is 3. The number of carbonyl (C=O) groups is 4. The first-order valence-electron chi connectivity index (χ1n) is 4.38. The molecule has 110 valence electrons. The number of halogens is 3. The van der Waals surface area contributed by atoms with E-state index in [1.54, 1.807) is 0 Å². The van der Waals surface area contributed by atoms with Crippen LogP contribution in [0.25, 0.3) is 0 Å². The molecule has 0 aliphatic carbocycles. The van der Waals surface area contributed by atoms with Crippen molar-refractivity contribution in [2.24, 2.45) is 0 Å². The molecule has 0 aromatic heterocycles. The Balaban J connectivity index is -0.00000162. The van der Waals surface area contributed by atoms with Gasteiger partial charge in [-0.1, -0.05) is 34.8 Å². The van der Waals surface area contributed by atoms with Gasteiger partial charge in [-0.25, -0.2) is 9.59 Å². The summed E-state index contributed by atoms with van der Waals surface area (Å²) in [7, 11) is 0. The Morgan fingerprint density at radius 3 is 1.80 bits per heavy atom. The molecule has 12 heteroatoms. The van der Waals surface area contributed by atoms with Crippen LogP contribution in [0.15, 0.2) is 0 Å². The molecule has 20 heavy (non-hydrogen) atoms. The van der Waals surface area contributed by atoms with Crippen LogP contribution in [0, 0.1) is 0 Å². The molecule has 0 spiro atoms. The Bertz CT molecular complexity index is 426. The van der Waals surface area contributed by atoms with Gasteiger partial charge < -0.3 is 21.5 Å². The van der Waals surface area contributed by atoms with Crippen LogP contribution < -0.4 is 29.6 Å². The van der Waals surface area contributed by atoms with Crippen molar-refractivity contribution >= 4 is 58.7 Å². The Morgan fingerprint density at radius 2 is 1.50 bits per heavy atom. The number of carboxylic acid groups (broad SMARTS) is 2. The number of alkyl halides is 3. The molecule has 1 atom stereocenters. The van der Waals surface area contributed by atoms with E-state index in [9.17, 15) is 24.3 Å². The van der Waals surface area contributed by atoms with E-state index >= 15 is 0 Å². The van der Waals surface area contributed by atoms with Gasteiger partial charge in [0.05, 0.1) is 12.8 Å². The molecule has 0 rings (SSSR count). The van der Waals surface area contributed by atoms with Crippen molar-refractivity contribution in [3.05, 3.63) is 0 Å². The van der Waals surface area contributed by atoms with Crippen LogP contribution in [-0.4, -0.2) is 48.6 Å². The fourth-order valence-corrected chi connectivity index (χ4v) is 1.02. The third-order valence-corrected chi connectivity index (χ3v) is 2.18. The molecule has 0 saturated carbocycles. The first-order valence-corrected chi connectivity index (χ1v) is 5.51. The predicted octanol–water partition coefficient (Wildman–Crippen LogP) is -2.78. The predicted molar refractivity (Wildman–Crippen MR) is 62.0 cm³/mol. The smallest absolute Gasteiger partial charge is 1.00 e. The minimum absolute atomic E-state index is 0. The number of rotatable bonds is 5. The van der Waals surface area contributed by atoms with Gasteiger partial charge in [0, 0.05) is 0 Å². The van der Waals surface area contributed by atoms with Crippen molar-refractivity contribution in [3.63, 3.8) is 0 Å². The molecule has 8 nitrogen and oxygen atoms in total. The van der Waals surface area contributed by atoms with E-state index in [4.69, 9.17) is 45.0 Å². The molecule has 0 fully saturated rings. The largest absolute Gasteiger partial charge is 1.00 e. The normalized spacial score (nSPS) is 13.6. The van der Waals surface area contributed by atoms with E-state index in [0.29, 0.717) is 0 Å². The second kappa shape index (κ2) is 8.38. The summed E-state index contributed by atoms with van der Waals surface area (Å²) in [6, 6.07) is 0. The van der Waals surface area contributed by atoms with Crippen molar-refractivity contribution in [2.75, 3.05) is 0 Å². The third kappa shape index (κ3) is 7.63. The van der Waals surface area contributed by atoms with Crippen molar-refractivity contribution in [1.82, 2.24) is 0 Å². The van der Waals surface area contributed by atoms with Gasteiger partial charge in [-0.3, -0.25) is 9.59 Å². The topological polar surface area (TPSA) is 138 Å². The van der Waals surface area contributed by atoms with Gasteiger partial charge in [0.2, 0.25) is 0 Å². The van der Waals surface area contributed by atoms with Crippen LogP contribution in [0.3, 0.4) is 0 Å². The van der Waals surface area contributed by atoms with Crippen LogP contribution in [0.2, 0.25) is 0 Å². The molecule has 0 bridgehead atoms. The van der Waals surface area contributed by atoms with E-state index in [0.717, 1.165) is 0 Å². The van der Waals surface area contributed by atoms with E-state index in [1.807, 2.05) is 0 Å². The summed E-state index contributed by atoms with van der Waals surface area (Å²) >= 11 is 15.2. The summed E-state index contributed by atoms with van der Waals surface area (Å²) in [5.41, 5.74) is -2.93. The summed E-state index contributed by atoms with van der Waals surface area (Å²) in [6.07, 6.45) is -2.58. The Labute approximate surface area is 150 Å². The summed E-state index contributed by atoms with van der Waals surface area (Å²) in [6.45, 7) is 0. The van der Waals surface area contributed by atoms with E-state index in [2.05, 4.69) is 4.74 Å². The molecular weight excluding hydrogens is 353 g/mol. The summed E-state index contributed by atoms with van der Waals surface area (Å²) < 4.78 is 1.39. The molecule has 0 aliphatic heterocycles. The van der Waals surface area contributed by atoms with Crippen molar-refractivity contribution in [2.45, 2.75) is 22.2 Å². The molecular formula is C8H8Cl3NaO8. The number of esters is 2. The molecule has 0 aromatic carbocycles. The number of hydrogen-bond acceptors (Lipinski definition) is 6. The first-order chi connectivity index (χ1) is 8.38. The van der Waals surface area contributed by atoms with Gasteiger partial charge in [-0.15, -0.1) is 0 Å². The monoisotopic (exact) mass is 360 g/mol. The van der Waals surface area contributed by atoms with Crippen LogP contribution in [0.5, 0.6) is 0 Å². The van der Waals surface area contributed by atoms with Crippen LogP contribution in [0.1, 0.15) is 14.3 Å². The van der Waals surface area contributed by atoms with Crippen LogP contribution in [0.4, 0.5) is 0 Å². The van der Waals surface area contributed by atoms with Crippen LogP contribution >= 0.6 is 34.8 Å². The fraction of sp³-hybridized carbons (Fsp3) is 0.500. The van der Waals surface area contributed by atoms with Crippen LogP contribution in [-0.2, 0) is 23.9 Å². The second-order valence-corrected chi connectivity index (χ2v) is 5.62. The van der Waals surface area contributed by atoms with Gasteiger partial charge in [0.1, 0.15) is 0 Å². The zero-order chi connectivity index (χ0) is 15.4. The maximum absolute atomic E-state index is 11.2.